The molecule has 1 atom stereocenters. The Kier molecular flexibility index (Phi) is 3.38. The van der Waals surface area contributed by atoms with Crippen LogP contribution < -0.4 is 4.90 Å². The molecular formula is C14H17N3. The lowest BCUT2D eigenvalue weighted by atomic mass is 10.2. The molecule has 0 aliphatic rings. The van der Waals surface area contributed by atoms with Crippen molar-refractivity contribution in [1.29, 1.82) is 0 Å². The third-order valence-corrected chi connectivity index (χ3v) is 2.93. The van der Waals surface area contributed by atoms with E-state index in [4.69, 9.17) is 0 Å². The van der Waals surface area contributed by atoms with Gasteiger partial charge < -0.3 is 4.90 Å². The number of hydrogen-bond acceptors (Lipinski definition) is 3. The molecule has 0 bridgehead atoms. The third kappa shape index (κ3) is 2.61. The molecule has 2 aromatic heterocycles. The van der Waals surface area contributed by atoms with Gasteiger partial charge in [-0.15, -0.1) is 0 Å². The molecule has 88 valence electrons. The van der Waals surface area contributed by atoms with Crippen LogP contribution in [0, 0.1) is 6.92 Å². The maximum absolute atomic E-state index is 4.52. The molecule has 0 amide bonds. The Morgan fingerprint density at radius 2 is 1.94 bits per heavy atom. The summed E-state index contributed by atoms with van der Waals surface area (Å²) in [5.41, 5.74) is 2.08. The van der Waals surface area contributed by atoms with Gasteiger partial charge in [-0.05, 0) is 38.1 Å². The topological polar surface area (TPSA) is 29.0 Å². The zero-order chi connectivity index (χ0) is 12.3. The minimum atomic E-state index is 0.213. The number of aromatic nitrogens is 2. The van der Waals surface area contributed by atoms with Crippen molar-refractivity contribution in [2.45, 2.75) is 19.9 Å². The minimum absolute atomic E-state index is 0.213. The first kappa shape index (κ1) is 11.6. The second-order valence-electron chi connectivity index (χ2n) is 4.18. The Bertz CT molecular complexity index is 482. The Morgan fingerprint density at radius 1 is 1.12 bits per heavy atom. The molecule has 2 heterocycles. The molecule has 0 fully saturated rings. The summed E-state index contributed by atoms with van der Waals surface area (Å²) in [6.45, 7) is 4.13. The predicted molar refractivity (Wildman–Crippen MR) is 70.0 cm³/mol. The van der Waals surface area contributed by atoms with E-state index in [1.807, 2.05) is 56.6 Å². The van der Waals surface area contributed by atoms with Crippen LogP contribution in [-0.4, -0.2) is 17.0 Å². The molecule has 17 heavy (non-hydrogen) atoms. The average molecular weight is 227 g/mol. The summed E-state index contributed by atoms with van der Waals surface area (Å²) in [6, 6.07) is 12.2. The number of anilines is 1. The fourth-order valence-corrected chi connectivity index (χ4v) is 1.75. The van der Waals surface area contributed by atoms with Gasteiger partial charge in [-0.2, -0.15) is 0 Å². The highest BCUT2D eigenvalue weighted by Crippen LogP contribution is 2.21. The lowest BCUT2D eigenvalue weighted by Gasteiger charge is -2.25. The number of rotatable bonds is 3. The molecule has 0 spiro atoms. The molecule has 0 saturated heterocycles. The molecule has 0 N–H and O–H groups in total. The van der Waals surface area contributed by atoms with Gasteiger partial charge in [0.25, 0.3) is 0 Å². The number of hydrogen-bond donors (Lipinski definition) is 0. The number of pyridine rings is 2. The van der Waals surface area contributed by atoms with E-state index in [2.05, 4.69) is 21.8 Å². The first-order valence-electron chi connectivity index (χ1n) is 5.76. The molecule has 3 nitrogen and oxygen atoms in total. The highest BCUT2D eigenvalue weighted by Gasteiger charge is 2.13. The zero-order valence-electron chi connectivity index (χ0n) is 10.5. The van der Waals surface area contributed by atoms with Crippen molar-refractivity contribution in [1.82, 2.24) is 9.97 Å². The van der Waals surface area contributed by atoms with Gasteiger partial charge >= 0.3 is 0 Å². The van der Waals surface area contributed by atoms with Crippen LogP contribution in [0.25, 0.3) is 0 Å². The normalized spacial score (nSPS) is 12.2. The van der Waals surface area contributed by atoms with Crippen LogP contribution in [0.5, 0.6) is 0 Å². The van der Waals surface area contributed by atoms with Crippen molar-refractivity contribution in [3.63, 3.8) is 0 Å². The van der Waals surface area contributed by atoms with Crippen molar-refractivity contribution >= 4 is 5.82 Å². The van der Waals surface area contributed by atoms with Crippen LogP contribution in [0.15, 0.2) is 42.6 Å². The summed E-state index contributed by atoms with van der Waals surface area (Å²) < 4.78 is 0. The molecule has 2 rings (SSSR count). The highest BCUT2D eigenvalue weighted by molar-refractivity contribution is 5.40. The summed E-state index contributed by atoms with van der Waals surface area (Å²) in [7, 11) is 2.04. The second kappa shape index (κ2) is 4.95. The van der Waals surface area contributed by atoms with Crippen molar-refractivity contribution in [2.75, 3.05) is 11.9 Å². The summed E-state index contributed by atoms with van der Waals surface area (Å²) >= 11 is 0. The molecule has 0 radical (unpaired) electrons. The van der Waals surface area contributed by atoms with Crippen molar-refractivity contribution in [3.8, 4) is 0 Å². The van der Waals surface area contributed by atoms with Crippen LogP contribution >= 0.6 is 0 Å². The first-order chi connectivity index (χ1) is 8.18. The molecule has 2 aromatic rings. The van der Waals surface area contributed by atoms with Gasteiger partial charge in [-0.1, -0.05) is 12.1 Å². The Labute approximate surface area is 102 Å². The van der Waals surface area contributed by atoms with Gasteiger partial charge in [0.05, 0.1) is 11.7 Å². The number of nitrogens with zero attached hydrogens (tertiary/aromatic N) is 3. The molecule has 0 aromatic carbocycles. The van der Waals surface area contributed by atoms with Crippen LogP contribution in [0.4, 0.5) is 5.82 Å². The molecule has 3 heteroatoms. The lowest BCUT2D eigenvalue weighted by molar-refractivity contribution is 0.704. The van der Waals surface area contributed by atoms with Gasteiger partial charge in [-0.25, -0.2) is 4.98 Å². The third-order valence-electron chi connectivity index (χ3n) is 2.93. The van der Waals surface area contributed by atoms with E-state index < -0.39 is 0 Å². The minimum Gasteiger partial charge on any atom is -0.351 e. The molecule has 0 saturated carbocycles. The van der Waals surface area contributed by atoms with Crippen molar-refractivity contribution < 1.29 is 0 Å². The van der Waals surface area contributed by atoms with E-state index in [1.54, 1.807) is 0 Å². The quantitative estimate of drug-likeness (QED) is 0.807. The van der Waals surface area contributed by atoms with Gasteiger partial charge in [0, 0.05) is 18.9 Å². The maximum Gasteiger partial charge on any atom is 0.129 e. The molecule has 0 aliphatic carbocycles. The van der Waals surface area contributed by atoms with Crippen LogP contribution in [0.3, 0.4) is 0 Å². The van der Waals surface area contributed by atoms with E-state index in [-0.39, 0.29) is 6.04 Å². The fourth-order valence-electron chi connectivity index (χ4n) is 1.75. The lowest BCUT2D eigenvalue weighted by Crippen LogP contribution is -2.23. The Balaban J connectivity index is 2.23. The first-order valence-corrected chi connectivity index (χ1v) is 5.76. The standard InChI is InChI=1S/C14H17N3/c1-11-7-6-9-14(16-11)17(3)12(2)13-8-4-5-10-15-13/h4-10,12H,1-3H3. The van der Waals surface area contributed by atoms with Gasteiger partial charge in [0.15, 0.2) is 0 Å². The molecule has 0 aliphatic heterocycles. The summed E-state index contributed by atoms with van der Waals surface area (Å²) in [5.74, 6) is 0.975. The highest BCUT2D eigenvalue weighted by atomic mass is 15.2. The van der Waals surface area contributed by atoms with Crippen molar-refractivity contribution in [2.24, 2.45) is 0 Å². The zero-order valence-corrected chi connectivity index (χ0v) is 10.5. The Morgan fingerprint density at radius 3 is 2.59 bits per heavy atom. The van der Waals surface area contributed by atoms with Gasteiger partial charge in [0.2, 0.25) is 0 Å². The van der Waals surface area contributed by atoms with Gasteiger partial charge in [0.1, 0.15) is 5.82 Å². The van der Waals surface area contributed by atoms with Crippen LogP contribution in [0.1, 0.15) is 24.4 Å². The monoisotopic (exact) mass is 227 g/mol. The van der Waals surface area contributed by atoms with Gasteiger partial charge in [-0.3, -0.25) is 4.98 Å². The summed E-state index contributed by atoms with van der Waals surface area (Å²) in [4.78, 5) is 11.0. The van der Waals surface area contributed by atoms with Crippen LogP contribution in [-0.2, 0) is 0 Å². The van der Waals surface area contributed by atoms with Crippen LogP contribution in [0.2, 0.25) is 0 Å². The number of aryl methyl sites for hydroxylation is 1. The van der Waals surface area contributed by atoms with E-state index >= 15 is 0 Å². The largest absolute Gasteiger partial charge is 0.351 e. The second-order valence-corrected chi connectivity index (χ2v) is 4.18. The van der Waals surface area contributed by atoms with E-state index in [0.29, 0.717) is 0 Å². The molecule has 1 unspecified atom stereocenters. The molecular weight excluding hydrogens is 210 g/mol. The summed E-state index contributed by atoms with van der Waals surface area (Å²) in [5, 5.41) is 0. The average Bonchev–Trinajstić information content (AvgIpc) is 2.38. The Hall–Kier alpha value is -1.90. The maximum atomic E-state index is 4.52. The smallest absolute Gasteiger partial charge is 0.129 e. The van der Waals surface area contributed by atoms with E-state index in [1.165, 1.54) is 0 Å². The summed E-state index contributed by atoms with van der Waals surface area (Å²) in [6.07, 6.45) is 1.82. The van der Waals surface area contributed by atoms with E-state index in [0.717, 1.165) is 17.2 Å². The van der Waals surface area contributed by atoms with E-state index in [9.17, 15) is 0 Å². The van der Waals surface area contributed by atoms with Crippen molar-refractivity contribution in [3.05, 3.63) is 54.0 Å². The fraction of sp³-hybridized carbons (Fsp3) is 0.286. The SMILES string of the molecule is Cc1cccc(N(C)C(C)c2ccccn2)n1. The predicted octanol–water partition coefficient (Wildman–Crippen LogP) is 2.98.